The molecule has 1 unspecified atom stereocenters. The van der Waals surface area contributed by atoms with Gasteiger partial charge in [0.1, 0.15) is 5.60 Å². The Morgan fingerprint density at radius 1 is 1.08 bits per heavy atom. The zero-order valence-corrected chi connectivity index (χ0v) is 15.2. The van der Waals surface area contributed by atoms with E-state index >= 15 is 0 Å². The van der Waals surface area contributed by atoms with E-state index in [2.05, 4.69) is 47.6 Å². The van der Waals surface area contributed by atoms with Gasteiger partial charge in [-0.15, -0.1) is 0 Å². The Morgan fingerprint density at radius 3 is 2.71 bits per heavy atom. The van der Waals surface area contributed by atoms with Gasteiger partial charge in [-0.3, -0.25) is 0 Å². The zero-order chi connectivity index (χ0) is 16.6. The van der Waals surface area contributed by atoms with Crippen molar-refractivity contribution in [3.63, 3.8) is 0 Å². The van der Waals surface area contributed by atoms with E-state index in [-0.39, 0.29) is 5.60 Å². The van der Waals surface area contributed by atoms with Gasteiger partial charge in [-0.25, -0.2) is 0 Å². The highest BCUT2D eigenvalue weighted by atomic mass is 16.5. The zero-order valence-electron chi connectivity index (χ0n) is 15.2. The molecule has 1 fully saturated rings. The molecule has 2 aliphatic rings. The summed E-state index contributed by atoms with van der Waals surface area (Å²) >= 11 is 0. The summed E-state index contributed by atoms with van der Waals surface area (Å²) in [4.78, 5) is 2.64. The first-order valence-corrected chi connectivity index (χ1v) is 9.64. The summed E-state index contributed by atoms with van der Waals surface area (Å²) in [7, 11) is 0. The van der Waals surface area contributed by atoms with Crippen molar-refractivity contribution in [2.45, 2.75) is 58.1 Å². The fraction of sp³-hybridized carbons (Fsp3) is 0.619. The first kappa shape index (κ1) is 16.2. The molecule has 1 atom stereocenters. The van der Waals surface area contributed by atoms with E-state index in [1.54, 1.807) is 0 Å². The van der Waals surface area contributed by atoms with Gasteiger partial charge >= 0.3 is 0 Å². The highest BCUT2D eigenvalue weighted by Crippen LogP contribution is 2.40. The van der Waals surface area contributed by atoms with Gasteiger partial charge in [-0.1, -0.05) is 24.6 Å². The summed E-state index contributed by atoms with van der Waals surface area (Å²) in [5, 5.41) is 1.39. The van der Waals surface area contributed by atoms with Gasteiger partial charge in [0.25, 0.3) is 0 Å². The van der Waals surface area contributed by atoms with Gasteiger partial charge in [0.2, 0.25) is 0 Å². The van der Waals surface area contributed by atoms with Crippen molar-refractivity contribution in [3.05, 3.63) is 35.5 Å². The van der Waals surface area contributed by atoms with Gasteiger partial charge in [-0.2, -0.15) is 0 Å². The topological polar surface area (TPSA) is 17.4 Å². The van der Waals surface area contributed by atoms with Crippen LogP contribution in [-0.4, -0.2) is 35.7 Å². The Kier molecular flexibility index (Phi) is 4.40. The van der Waals surface area contributed by atoms with E-state index in [4.69, 9.17) is 4.74 Å². The Bertz CT molecular complexity index is 714. The Hall–Kier alpha value is -1.32. The molecule has 0 N–H and O–H groups in total. The van der Waals surface area contributed by atoms with Gasteiger partial charge in [0.15, 0.2) is 0 Å². The molecule has 1 aromatic heterocycles. The number of aromatic nitrogens is 1. The van der Waals surface area contributed by atoms with E-state index in [0.717, 1.165) is 19.6 Å². The van der Waals surface area contributed by atoms with Crippen LogP contribution in [0.1, 0.15) is 50.3 Å². The van der Waals surface area contributed by atoms with E-state index in [1.165, 1.54) is 67.5 Å². The molecule has 0 amide bonds. The number of benzene rings is 1. The van der Waals surface area contributed by atoms with E-state index in [9.17, 15) is 0 Å². The molecule has 2 aromatic rings. The van der Waals surface area contributed by atoms with Crippen LogP contribution < -0.4 is 0 Å². The van der Waals surface area contributed by atoms with Crippen molar-refractivity contribution in [2.75, 3.05) is 26.2 Å². The van der Waals surface area contributed by atoms with E-state index < -0.39 is 0 Å². The molecule has 3 heteroatoms. The molecule has 3 nitrogen and oxygen atoms in total. The van der Waals surface area contributed by atoms with Crippen LogP contribution >= 0.6 is 0 Å². The third-order valence-corrected chi connectivity index (χ3v) is 6.04. The van der Waals surface area contributed by atoms with Crippen molar-refractivity contribution in [1.82, 2.24) is 9.47 Å². The minimum absolute atomic E-state index is 0.142. The number of aryl methyl sites for hydroxylation is 1. The average Bonchev–Trinajstić information content (AvgIpc) is 2.91. The summed E-state index contributed by atoms with van der Waals surface area (Å²) in [5.41, 5.74) is 4.05. The first-order valence-electron chi connectivity index (χ1n) is 9.64. The molecule has 0 spiro atoms. The van der Waals surface area contributed by atoms with Crippen LogP contribution in [0.2, 0.25) is 0 Å². The molecule has 0 radical (unpaired) electrons. The fourth-order valence-electron chi connectivity index (χ4n) is 4.84. The highest BCUT2D eigenvalue weighted by molar-refractivity contribution is 5.85. The Balaban J connectivity index is 1.56. The average molecular weight is 326 g/mol. The first-order chi connectivity index (χ1) is 11.7. The SMILES string of the molecule is Cc1c2n(c3ccccc13)CCOC2(C)CCCN1CCCCC1. The lowest BCUT2D eigenvalue weighted by molar-refractivity contribution is -0.0716. The molecule has 0 saturated carbocycles. The number of hydrogen-bond acceptors (Lipinski definition) is 2. The largest absolute Gasteiger partial charge is 0.367 e. The number of nitrogens with zero attached hydrogens (tertiary/aromatic N) is 2. The number of rotatable bonds is 4. The lowest BCUT2D eigenvalue weighted by atomic mass is 9.91. The molecular weight excluding hydrogens is 296 g/mol. The van der Waals surface area contributed by atoms with Crippen molar-refractivity contribution < 1.29 is 4.74 Å². The summed E-state index contributed by atoms with van der Waals surface area (Å²) < 4.78 is 8.86. The van der Waals surface area contributed by atoms with Crippen molar-refractivity contribution in [2.24, 2.45) is 0 Å². The normalized spacial score (nSPS) is 25.1. The van der Waals surface area contributed by atoms with E-state index in [0.29, 0.717) is 0 Å². The molecule has 3 heterocycles. The van der Waals surface area contributed by atoms with Gasteiger partial charge in [0, 0.05) is 17.4 Å². The maximum atomic E-state index is 6.35. The predicted octanol–water partition coefficient (Wildman–Crippen LogP) is 4.46. The number of ether oxygens (including phenoxy) is 1. The van der Waals surface area contributed by atoms with Gasteiger partial charge in [0.05, 0.1) is 12.3 Å². The van der Waals surface area contributed by atoms with Gasteiger partial charge < -0.3 is 14.2 Å². The highest BCUT2D eigenvalue weighted by Gasteiger charge is 2.36. The third kappa shape index (κ3) is 2.78. The predicted molar refractivity (Wildman–Crippen MR) is 99.5 cm³/mol. The summed E-state index contributed by atoms with van der Waals surface area (Å²) in [6.07, 6.45) is 6.50. The summed E-state index contributed by atoms with van der Waals surface area (Å²) in [6, 6.07) is 8.81. The second-order valence-corrected chi connectivity index (χ2v) is 7.73. The van der Waals surface area contributed by atoms with Crippen molar-refractivity contribution >= 4 is 10.9 Å². The molecule has 4 rings (SSSR count). The standard InChI is InChI=1S/C21H30N2O/c1-17-18-9-4-5-10-19(18)23-15-16-24-21(2,20(17)23)11-8-14-22-12-6-3-7-13-22/h4-5,9-10H,3,6-8,11-16H2,1-2H3. The fourth-order valence-corrected chi connectivity index (χ4v) is 4.84. The monoisotopic (exact) mass is 326 g/mol. The van der Waals surface area contributed by atoms with Crippen LogP contribution in [0.25, 0.3) is 10.9 Å². The van der Waals surface area contributed by atoms with Crippen LogP contribution in [0.3, 0.4) is 0 Å². The molecule has 24 heavy (non-hydrogen) atoms. The van der Waals surface area contributed by atoms with Gasteiger partial charge in [-0.05, 0) is 70.8 Å². The molecule has 2 aliphatic heterocycles. The third-order valence-electron chi connectivity index (χ3n) is 6.04. The Morgan fingerprint density at radius 2 is 1.88 bits per heavy atom. The molecule has 130 valence electrons. The molecular formula is C21H30N2O. The molecule has 1 saturated heterocycles. The van der Waals surface area contributed by atoms with Crippen molar-refractivity contribution in [3.8, 4) is 0 Å². The quantitative estimate of drug-likeness (QED) is 0.825. The second-order valence-electron chi connectivity index (χ2n) is 7.73. The smallest absolute Gasteiger partial charge is 0.106 e. The number of para-hydroxylation sites is 1. The minimum atomic E-state index is -0.142. The molecule has 0 bridgehead atoms. The second kappa shape index (κ2) is 6.53. The maximum absolute atomic E-state index is 6.35. The maximum Gasteiger partial charge on any atom is 0.106 e. The summed E-state index contributed by atoms with van der Waals surface area (Å²) in [6.45, 7) is 10.2. The van der Waals surface area contributed by atoms with Crippen LogP contribution in [0.15, 0.2) is 24.3 Å². The number of hydrogen-bond donors (Lipinski definition) is 0. The van der Waals surface area contributed by atoms with Crippen LogP contribution in [0.4, 0.5) is 0 Å². The van der Waals surface area contributed by atoms with Crippen molar-refractivity contribution in [1.29, 1.82) is 0 Å². The lowest BCUT2D eigenvalue weighted by Crippen LogP contribution is -2.37. The number of piperidine rings is 1. The van der Waals surface area contributed by atoms with Crippen LogP contribution in [-0.2, 0) is 16.9 Å². The van der Waals surface area contributed by atoms with Crippen LogP contribution in [0.5, 0.6) is 0 Å². The number of likely N-dealkylation sites (tertiary alicyclic amines) is 1. The lowest BCUT2D eigenvalue weighted by Gasteiger charge is -2.37. The Labute approximate surface area is 145 Å². The van der Waals surface area contributed by atoms with Crippen LogP contribution in [0, 0.1) is 6.92 Å². The van der Waals surface area contributed by atoms with E-state index in [1.807, 2.05) is 0 Å². The summed E-state index contributed by atoms with van der Waals surface area (Å²) in [5.74, 6) is 0. The number of fused-ring (bicyclic) bond motifs is 3. The molecule has 0 aliphatic carbocycles. The minimum Gasteiger partial charge on any atom is -0.367 e. The molecule has 1 aromatic carbocycles.